The minimum atomic E-state index is 1.01. The normalized spacial score (nSPS) is 12.9. The molecule has 0 aromatic carbocycles. The summed E-state index contributed by atoms with van der Waals surface area (Å²) in [6.07, 6.45) is 18.3. The van der Waals surface area contributed by atoms with Crippen molar-refractivity contribution in [1.82, 2.24) is 0 Å². The van der Waals surface area contributed by atoms with Gasteiger partial charge in [-0.25, -0.2) is 0 Å². The van der Waals surface area contributed by atoms with E-state index < -0.39 is 0 Å². The predicted octanol–water partition coefficient (Wildman–Crippen LogP) is 6.55. The number of rotatable bonds is 13. The number of hydrogen-bond donors (Lipinski definition) is 0. The molecule has 17 heavy (non-hydrogen) atoms. The van der Waals surface area contributed by atoms with Crippen molar-refractivity contribution < 1.29 is 0 Å². The molecule has 0 aromatic heterocycles. The van der Waals surface area contributed by atoms with Crippen molar-refractivity contribution >= 4 is 0 Å². The third-order valence-corrected chi connectivity index (χ3v) is 3.78. The van der Waals surface area contributed by atoms with Gasteiger partial charge in [-0.1, -0.05) is 104 Å². The van der Waals surface area contributed by atoms with Gasteiger partial charge in [0.15, 0.2) is 0 Å². The highest BCUT2D eigenvalue weighted by atomic mass is 14.1. The highest BCUT2D eigenvalue weighted by Gasteiger charge is 2.06. The molecule has 0 N–H and O–H groups in total. The van der Waals surface area contributed by atoms with Crippen molar-refractivity contribution in [1.29, 1.82) is 0 Å². The summed E-state index contributed by atoms with van der Waals surface area (Å²) >= 11 is 0. The summed E-state index contributed by atoms with van der Waals surface area (Å²) in [5.74, 6) is 1.01. The minimum absolute atomic E-state index is 1.01. The molecule has 1 atom stereocenters. The maximum atomic E-state index is 3.93. The fourth-order valence-electron chi connectivity index (χ4n) is 2.66. The first kappa shape index (κ1) is 17.0. The topological polar surface area (TPSA) is 0 Å². The summed E-state index contributed by atoms with van der Waals surface area (Å²) in [6.45, 7) is 8.55. The van der Waals surface area contributed by atoms with Crippen LogP contribution in [0.25, 0.3) is 0 Å². The first-order chi connectivity index (χ1) is 8.35. The summed E-state index contributed by atoms with van der Waals surface area (Å²) in [4.78, 5) is 0. The zero-order valence-electron chi connectivity index (χ0n) is 12.5. The standard InChI is InChI=1S/C17H35/c1-4-7-9-10-11-13-16-17(14-6-3)15-12-8-5-2/h17H,2,4-16H2,1,3H3. The van der Waals surface area contributed by atoms with Crippen molar-refractivity contribution in [2.75, 3.05) is 0 Å². The Kier molecular flexibility index (Phi) is 14.1. The average Bonchev–Trinajstić information content (AvgIpc) is 2.34. The fourth-order valence-corrected chi connectivity index (χ4v) is 2.66. The number of hydrogen-bond acceptors (Lipinski definition) is 0. The van der Waals surface area contributed by atoms with Crippen molar-refractivity contribution in [2.24, 2.45) is 5.92 Å². The molecule has 0 bridgehead atoms. The van der Waals surface area contributed by atoms with Crippen LogP contribution in [0.5, 0.6) is 0 Å². The Morgan fingerprint density at radius 1 is 0.647 bits per heavy atom. The van der Waals surface area contributed by atoms with Crippen molar-refractivity contribution in [3.63, 3.8) is 0 Å². The van der Waals surface area contributed by atoms with Gasteiger partial charge in [-0.15, -0.1) is 0 Å². The van der Waals surface area contributed by atoms with Gasteiger partial charge < -0.3 is 0 Å². The Bertz CT molecular complexity index is 128. The van der Waals surface area contributed by atoms with E-state index in [4.69, 9.17) is 0 Å². The largest absolute Gasteiger partial charge is 0.0654 e. The van der Waals surface area contributed by atoms with Gasteiger partial charge >= 0.3 is 0 Å². The second-order valence-corrected chi connectivity index (χ2v) is 5.56. The van der Waals surface area contributed by atoms with Crippen molar-refractivity contribution in [2.45, 2.75) is 97.3 Å². The van der Waals surface area contributed by atoms with E-state index in [9.17, 15) is 0 Å². The summed E-state index contributed by atoms with van der Waals surface area (Å²) in [7, 11) is 0. The molecule has 103 valence electrons. The van der Waals surface area contributed by atoms with Gasteiger partial charge in [0.05, 0.1) is 0 Å². The summed E-state index contributed by atoms with van der Waals surface area (Å²) in [5.41, 5.74) is 0. The average molecular weight is 239 g/mol. The summed E-state index contributed by atoms with van der Waals surface area (Å²) < 4.78 is 0. The third kappa shape index (κ3) is 12.2. The summed E-state index contributed by atoms with van der Waals surface area (Å²) in [5, 5.41) is 0. The van der Waals surface area contributed by atoms with E-state index in [1.54, 1.807) is 0 Å². The molecular formula is C17H35. The molecule has 0 heterocycles. The second kappa shape index (κ2) is 14.1. The maximum absolute atomic E-state index is 3.93. The monoisotopic (exact) mass is 239 g/mol. The molecule has 0 amide bonds. The SMILES string of the molecule is [CH2]CCCCC(CCC)CCCCCCCC. The van der Waals surface area contributed by atoms with Gasteiger partial charge in [-0.3, -0.25) is 0 Å². The van der Waals surface area contributed by atoms with E-state index in [1.807, 2.05) is 0 Å². The Morgan fingerprint density at radius 2 is 1.24 bits per heavy atom. The molecule has 0 aliphatic carbocycles. The Morgan fingerprint density at radius 3 is 1.82 bits per heavy atom. The lowest BCUT2D eigenvalue weighted by Gasteiger charge is -2.15. The van der Waals surface area contributed by atoms with Crippen LogP contribution < -0.4 is 0 Å². The van der Waals surface area contributed by atoms with Crippen LogP contribution in [-0.2, 0) is 0 Å². The first-order valence-electron chi connectivity index (χ1n) is 8.14. The zero-order chi connectivity index (χ0) is 12.8. The predicted molar refractivity (Wildman–Crippen MR) is 80.2 cm³/mol. The molecular weight excluding hydrogens is 204 g/mol. The molecule has 0 nitrogen and oxygen atoms in total. The molecule has 0 aromatic rings. The smallest absolute Gasteiger partial charge is 0.0414 e. The Labute approximate surface area is 111 Å². The highest BCUT2D eigenvalue weighted by Crippen LogP contribution is 2.22. The zero-order valence-corrected chi connectivity index (χ0v) is 12.5. The van der Waals surface area contributed by atoms with Crippen molar-refractivity contribution in [3.8, 4) is 0 Å². The van der Waals surface area contributed by atoms with E-state index in [0.717, 1.165) is 12.3 Å². The van der Waals surface area contributed by atoms with E-state index in [0.29, 0.717) is 0 Å². The molecule has 0 aliphatic heterocycles. The maximum Gasteiger partial charge on any atom is -0.0414 e. The number of unbranched alkanes of at least 4 members (excludes halogenated alkanes) is 7. The molecule has 0 aliphatic rings. The molecule has 0 saturated heterocycles. The van der Waals surface area contributed by atoms with Gasteiger partial charge in [-0.05, 0) is 5.92 Å². The van der Waals surface area contributed by atoms with E-state index in [2.05, 4.69) is 20.8 Å². The lowest BCUT2D eigenvalue weighted by atomic mass is 9.91. The van der Waals surface area contributed by atoms with Crippen LogP contribution in [0.15, 0.2) is 0 Å². The second-order valence-electron chi connectivity index (χ2n) is 5.56. The van der Waals surface area contributed by atoms with E-state index >= 15 is 0 Å². The fraction of sp³-hybridized carbons (Fsp3) is 0.941. The van der Waals surface area contributed by atoms with E-state index in [-0.39, 0.29) is 0 Å². The Balaban J connectivity index is 3.41. The quantitative estimate of drug-likeness (QED) is 0.320. The van der Waals surface area contributed by atoms with Crippen LogP contribution >= 0.6 is 0 Å². The van der Waals surface area contributed by atoms with Gasteiger partial charge in [0.1, 0.15) is 0 Å². The Hall–Kier alpha value is 0. The molecule has 0 heteroatoms. The molecule has 0 spiro atoms. The van der Waals surface area contributed by atoms with Gasteiger partial charge in [0.25, 0.3) is 0 Å². The first-order valence-corrected chi connectivity index (χ1v) is 8.14. The molecule has 0 saturated carbocycles. The van der Waals surface area contributed by atoms with Crippen LogP contribution in [0.4, 0.5) is 0 Å². The molecule has 0 rings (SSSR count). The van der Waals surface area contributed by atoms with Crippen LogP contribution in [0, 0.1) is 12.8 Å². The molecule has 1 radical (unpaired) electrons. The van der Waals surface area contributed by atoms with Crippen molar-refractivity contribution in [3.05, 3.63) is 6.92 Å². The van der Waals surface area contributed by atoms with Gasteiger partial charge in [0, 0.05) is 0 Å². The van der Waals surface area contributed by atoms with Crippen LogP contribution in [0.2, 0.25) is 0 Å². The van der Waals surface area contributed by atoms with Gasteiger partial charge in [-0.2, -0.15) is 0 Å². The highest BCUT2D eigenvalue weighted by molar-refractivity contribution is 4.60. The van der Waals surface area contributed by atoms with Crippen LogP contribution in [0.1, 0.15) is 97.3 Å². The summed E-state index contributed by atoms with van der Waals surface area (Å²) in [6, 6.07) is 0. The van der Waals surface area contributed by atoms with Crippen LogP contribution in [0.3, 0.4) is 0 Å². The van der Waals surface area contributed by atoms with Gasteiger partial charge in [0.2, 0.25) is 0 Å². The minimum Gasteiger partial charge on any atom is -0.0654 e. The lowest BCUT2D eigenvalue weighted by Crippen LogP contribution is -2.00. The molecule has 0 fully saturated rings. The molecule has 1 unspecified atom stereocenters. The lowest BCUT2D eigenvalue weighted by molar-refractivity contribution is 0.381. The van der Waals surface area contributed by atoms with Crippen LogP contribution in [-0.4, -0.2) is 0 Å². The van der Waals surface area contributed by atoms with E-state index in [1.165, 1.54) is 77.0 Å². The third-order valence-electron chi connectivity index (χ3n) is 3.78.